The van der Waals surface area contributed by atoms with Gasteiger partial charge in [0, 0.05) is 17.6 Å². The van der Waals surface area contributed by atoms with Gasteiger partial charge in [0.1, 0.15) is 0 Å². The lowest BCUT2D eigenvalue weighted by molar-refractivity contribution is 0.911. The summed E-state index contributed by atoms with van der Waals surface area (Å²) in [6.07, 6.45) is 2.52. The van der Waals surface area contributed by atoms with Crippen molar-refractivity contribution in [2.75, 3.05) is 0 Å². The maximum absolute atomic E-state index is 4.03. The summed E-state index contributed by atoms with van der Waals surface area (Å²) in [7, 11) is 0. The number of fused-ring (bicyclic) bond motifs is 1. The number of nitrogens with one attached hydrogen (secondary N) is 2. The second-order valence-electron chi connectivity index (χ2n) is 3.52. The number of aromatic nitrogens is 4. The van der Waals surface area contributed by atoms with E-state index >= 15 is 0 Å². The van der Waals surface area contributed by atoms with E-state index in [1.165, 1.54) is 5.39 Å². The Labute approximate surface area is 86.3 Å². The van der Waals surface area contributed by atoms with Crippen molar-refractivity contribution >= 4 is 10.9 Å². The predicted molar refractivity (Wildman–Crippen MR) is 57.5 cm³/mol. The molecule has 0 spiro atoms. The van der Waals surface area contributed by atoms with Crippen molar-refractivity contribution in [2.24, 2.45) is 0 Å². The monoisotopic (exact) mass is 198 g/mol. The summed E-state index contributed by atoms with van der Waals surface area (Å²) < 4.78 is 0. The van der Waals surface area contributed by atoms with Crippen LogP contribution in [-0.2, 0) is 6.42 Å². The maximum atomic E-state index is 4.03. The van der Waals surface area contributed by atoms with E-state index in [-0.39, 0.29) is 0 Å². The van der Waals surface area contributed by atoms with E-state index in [0.717, 1.165) is 23.3 Å². The molecule has 4 nitrogen and oxygen atoms in total. The van der Waals surface area contributed by atoms with E-state index in [9.17, 15) is 0 Å². The highest BCUT2D eigenvalue weighted by atomic mass is 15.3. The Bertz CT molecular complexity index is 532. The van der Waals surface area contributed by atoms with Crippen molar-refractivity contribution in [2.45, 2.75) is 6.42 Å². The maximum Gasteiger partial charge on any atom is 0.0883 e. The van der Waals surface area contributed by atoms with Crippen LogP contribution < -0.4 is 0 Å². The molecule has 0 radical (unpaired) electrons. The zero-order valence-corrected chi connectivity index (χ0v) is 8.07. The van der Waals surface area contributed by atoms with Crippen LogP contribution in [0.1, 0.15) is 11.4 Å². The fourth-order valence-corrected chi connectivity index (χ4v) is 1.73. The van der Waals surface area contributed by atoms with Gasteiger partial charge in [-0.25, -0.2) is 0 Å². The van der Waals surface area contributed by atoms with Crippen LogP contribution in [-0.4, -0.2) is 20.4 Å². The molecule has 0 amide bonds. The van der Waals surface area contributed by atoms with Crippen molar-refractivity contribution in [3.63, 3.8) is 0 Å². The van der Waals surface area contributed by atoms with Crippen molar-refractivity contribution in [1.82, 2.24) is 20.4 Å². The predicted octanol–water partition coefficient (Wildman–Crippen LogP) is 1.88. The minimum atomic E-state index is 0.783. The molecule has 2 N–H and O–H groups in total. The highest BCUT2D eigenvalue weighted by Crippen LogP contribution is 2.16. The Morgan fingerprint density at radius 3 is 2.93 bits per heavy atom. The molecule has 0 fully saturated rings. The number of hydrogen-bond donors (Lipinski definition) is 2. The van der Waals surface area contributed by atoms with E-state index < -0.39 is 0 Å². The van der Waals surface area contributed by atoms with E-state index in [1.807, 2.05) is 12.1 Å². The highest BCUT2D eigenvalue weighted by Gasteiger charge is 2.02. The lowest BCUT2D eigenvalue weighted by atomic mass is 10.2. The second-order valence-corrected chi connectivity index (χ2v) is 3.52. The number of aromatic amines is 2. The normalized spacial score (nSPS) is 10.9. The molecule has 3 aromatic rings. The van der Waals surface area contributed by atoms with Gasteiger partial charge in [-0.05, 0) is 17.5 Å². The molecule has 0 aliphatic carbocycles. The van der Waals surface area contributed by atoms with Crippen molar-refractivity contribution in [3.05, 3.63) is 47.9 Å². The van der Waals surface area contributed by atoms with Gasteiger partial charge in [0.15, 0.2) is 0 Å². The minimum absolute atomic E-state index is 0.783. The first-order chi connectivity index (χ1) is 7.42. The third kappa shape index (κ3) is 1.50. The molecule has 0 atom stereocenters. The van der Waals surface area contributed by atoms with Crippen LogP contribution in [0, 0.1) is 0 Å². The number of benzene rings is 1. The summed E-state index contributed by atoms with van der Waals surface area (Å²) >= 11 is 0. The quantitative estimate of drug-likeness (QED) is 0.660. The van der Waals surface area contributed by atoms with Gasteiger partial charge in [0.25, 0.3) is 0 Å². The van der Waals surface area contributed by atoms with E-state index in [4.69, 9.17) is 0 Å². The lowest BCUT2D eigenvalue weighted by Gasteiger charge is -1.90. The Kier molecular flexibility index (Phi) is 1.78. The molecule has 2 aromatic heterocycles. The topological polar surface area (TPSA) is 57.4 Å². The van der Waals surface area contributed by atoms with Crippen molar-refractivity contribution < 1.29 is 0 Å². The number of H-pyrrole nitrogens is 2. The van der Waals surface area contributed by atoms with Crippen LogP contribution in [0.4, 0.5) is 0 Å². The van der Waals surface area contributed by atoms with Crippen LogP contribution in [0.25, 0.3) is 10.9 Å². The molecular formula is C11H10N4. The first-order valence-corrected chi connectivity index (χ1v) is 4.83. The molecule has 0 bridgehead atoms. The zero-order valence-electron chi connectivity index (χ0n) is 8.07. The molecular weight excluding hydrogens is 188 g/mol. The number of nitrogens with zero attached hydrogens (tertiary/aromatic N) is 2. The van der Waals surface area contributed by atoms with Gasteiger partial charge < -0.3 is 4.98 Å². The summed E-state index contributed by atoms with van der Waals surface area (Å²) in [4.78, 5) is 3.35. The summed E-state index contributed by atoms with van der Waals surface area (Å²) in [5.41, 5.74) is 3.27. The molecule has 4 heteroatoms. The van der Waals surface area contributed by atoms with Gasteiger partial charge in [-0.2, -0.15) is 15.4 Å². The number of para-hydroxylation sites is 1. The summed E-state index contributed by atoms with van der Waals surface area (Å²) in [5, 5.41) is 11.7. The highest BCUT2D eigenvalue weighted by molar-refractivity contribution is 5.80. The van der Waals surface area contributed by atoms with Crippen LogP contribution >= 0.6 is 0 Å². The summed E-state index contributed by atoms with van der Waals surface area (Å²) in [6, 6.07) is 10.4. The van der Waals surface area contributed by atoms with Crippen LogP contribution in [0.3, 0.4) is 0 Å². The van der Waals surface area contributed by atoms with Crippen LogP contribution in [0.2, 0.25) is 0 Å². The molecule has 3 rings (SSSR count). The largest absolute Gasteiger partial charge is 0.358 e. The smallest absolute Gasteiger partial charge is 0.0883 e. The Morgan fingerprint density at radius 1 is 1.20 bits per heavy atom. The molecule has 1 aromatic carbocycles. The molecule has 0 aliphatic heterocycles. The lowest BCUT2D eigenvalue weighted by Crippen LogP contribution is -1.87. The minimum Gasteiger partial charge on any atom is -0.358 e. The van der Waals surface area contributed by atoms with E-state index in [0.29, 0.717) is 0 Å². The van der Waals surface area contributed by atoms with Gasteiger partial charge in [-0.15, -0.1) is 0 Å². The molecule has 74 valence electrons. The van der Waals surface area contributed by atoms with E-state index in [2.05, 4.69) is 38.6 Å². The summed E-state index contributed by atoms with van der Waals surface area (Å²) in [6.45, 7) is 0. The molecule has 0 saturated carbocycles. The SMILES string of the molecule is c1ccc2[nH]c(Cc3cn[nH]n3)cc2c1. The van der Waals surface area contributed by atoms with Crippen LogP contribution in [0.15, 0.2) is 36.5 Å². The fourth-order valence-electron chi connectivity index (χ4n) is 1.73. The first-order valence-electron chi connectivity index (χ1n) is 4.83. The average molecular weight is 198 g/mol. The molecule has 15 heavy (non-hydrogen) atoms. The standard InChI is InChI=1S/C11H10N4/c1-2-4-11-8(3-1)5-9(13-11)6-10-7-12-15-14-10/h1-5,7,13H,6H2,(H,12,14,15). The zero-order chi connectivity index (χ0) is 10.1. The second kappa shape index (κ2) is 3.24. The fraction of sp³-hybridized carbons (Fsp3) is 0.0909. The Hall–Kier alpha value is -2.10. The third-order valence-electron chi connectivity index (χ3n) is 2.42. The average Bonchev–Trinajstić information content (AvgIpc) is 2.86. The van der Waals surface area contributed by atoms with Gasteiger partial charge in [-0.1, -0.05) is 18.2 Å². The first kappa shape index (κ1) is 8.23. The number of rotatable bonds is 2. The van der Waals surface area contributed by atoms with Gasteiger partial charge in [0.2, 0.25) is 0 Å². The Balaban J connectivity index is 1.98. The van der Waals surface area contributed by atoms with Crippen molar-refractivity contribution in [3.8, 4) is 0 Å². The molecule has 0 saturated heterocycles. The molecule has 2 heterocycles. The summed E-state index contributed by atoms with van der Waals surface area (Å²) in [5.74, 6) is 0. The van der Waals surface area contributed by atoms with Crippen LogP contribution in [0.5, 0.6) is 0 Å². The number of hydrogen-bond acceptors (Lipinski definition) is 2. The van der Waals surface area contributed by atoms with Gasteiger partial charge in [0.05, 0.1) is 11.9 Å². The third-order valence-corrected chi connectivity index (χ3v) is 2.42. The molecule has 0 aliphatic rings. The molecule has 0 unspecified atom stereocenters. The van der Waals surface area contributed by atoms with Gasteiger partial charge in [-0.3, -0.25) is 0 Å². The van der Waals surface area contributed by atoms with Gasteiger partial charge >= 0.3 is 0 Å². The van der Waals surface area contributed by atoms with Crippen molar-refractivity contribution in [1.29, 1.82) is 0 Å². The van der Waals surface area contributed by atoms with E-state index in [1.54, 1.807) is 6.20 Å². The Morgan fingerprint density at radius 2 is 2.13 bits per heavy atom.